The molecule has 0 fully saturated rings. The summed E-state index contributed by atoms with van der Waals surface area (Å²) in [6.45, 7) is 3.59. The zero-order valence-electron chi connectivity index (χ0n) is 7.21. The van der Waals surface area contributed by atoms with E-state index in [0.29, 0.717) is 12.5 Å². The Morgan fingerprint density at radius 2 is 2.42 bits per heavy atom. The van der Waals surface area contributed by atoms with E-state index in [0.717, 1.165) is 12.4 Å². The molecule has 1 heterocycles. The summed E-state index contributed by atoms with van der Waals surface area (Å²) in [5.41, 5.74) is 8.04. The molecule has 2 nitrogen and oxygen atoms in total. The second-order valence-corrected chi connectivity index (χ2v) is 3.29. The third-order valence-corrected chi connectivity index (χ3v) is 2.33. The van der Waals surface area contributed by atoms with Crippen LogP contribution in [0, 0.1) is 0 Å². The van der Waals surface area contributed by atoms with E-state index in [9.17, 15) is 0 Å². The van der Waals surface area contributed by atoms with Crippen molar-refractivity contribution in [3.63, 3.8) is 0 Å². The summed E-state index contributed by atoms with van der Waals surface area (Å²) in [6.07, 6.45) is 0. The quantitative estimate of drug-likeness (QED) is 0.683. The molecule has 0 radical (unpaired) electrons. The van der Waals surface area contributed by atoms with Crippen LogP contribution in [0.5, 0.6) is 5.75 Å². The Morgan fingerprint density at radius 1 is 1.58 bits per heavy atom. The normalized spacial score (nSPS) is 20.3. The molecule has 1 aromatic rings. The summed E-state index contributed by atoms with van der Waals surface area (Å²) < 4.78 is 5.47. The number of hydrogen-bond donors (Lipinski definition) is 1. The highest BCUT2D eigenvalue weighted by Gasteiger charge is 2.19. The van der Waals surface area contributed by atoms with Gasteiger partial charge in [0.05, 0.1) is 6.61 Å². The molecule has 0 amide bonds. The Balaban J connectivity index is 2.43. The molecular weight excluding hydrogens is 150 g/mol. The fraction of sp³-hybridized carbons (Fsp3) is 0.400. The van der Waals surface area contributed by atoms with Crippen LogP contribution in [0.3, 0.4) is 0 Å². The van der Waals surface area contributed by atoms with Gasteiger partial charge in [-0.1, -0.05) is 19.1 Å². The van der Waals surface area contributed by atoms with Gasteiger partial charge in [0.1, 0.15) is 5.75 Å². The van der Waals surface area contributed by atoms with Crippen molar-refractivity contribution >= 4 is 0 Å². The molecule has 0 bridgehead atoms. The van der Waals surface area contributed by atoms with Gasteiger partial charge >= 0.3 is 0 Å². The molecule has 1 aliphatic rings. The van der Waals surface area contributed by atoms with Crippen LogP contribution in [-0.4, -0.2) is 6.61 Å². The summed E-state index contributed by atoms with van der Waals surface area (Å²) >= 11 is 0. The van der Waals surface area contributed by atoms with E-state index in [-0.39, 0.29) is 0 Å². The van der Waals surface area contributed by atoms with Gasteiger partial charge in [-0.05, 0) is 11.6 Å². The monoisotopic (exact) mass is 163 g/mol. The minimum absolute atomic E-state index is 0.520. The maximum absolute atomic E-state index is 5.55. The van der Waals surface area contributed by atoms with Crippen molar-refractivity contribution in [2.45, 2.75) is 19.4 Å². The van der Waals surface area contributed by atoms with E-state index >= 15 is 0 Å². The smallest absolute Gasteiger partial charge is 0.122 e. The van der Waals surface area contributed by atoms with Gasteiger partial charge in [0, 0.05) is 18.0 Å². The summed E-state index contributed by atoms with van der Waals surface area (Å²) in [5.74, 6) is 1.55. The number of ether oxygens (including phenoxy) is 1. The Labute approximate surface area is 72.3 Å². The number of fused-ring (bicyclic) bond motifs is 1. The highest BCUT2D eigenvalue weighted by atomic mass is 16.5. The topological polar surface area (TPSA) is 35.2 Å². The first-order valence-electron chi connectivity index (χ1n) is 4.27. The van der Waals surface area contributed by atoms with Crippen LogP contribution in [0.4, 0.5) is 0 Å². The highest BCUT2D eigenvalue weighted by molar-refractivity contribution is 5.42. The van der Waals surface area contributed by atoms with E-state index in [4.69, 9.17) is 10.5 Å². The van der Waals surface area contributed by atoms with Gasteiger partial charge in [0.2, 0.25) is 0 Å². The lowest BCUT2D eigenvalue weighted by Gasteiger charge is -2.02. The first-order chi connectivity index (χ1) is 5.81. The van der Waals surface area contributed by atoms with E-state index in [1.807, 2.05) is 12.1 Å². The van der Waals surface area contributed by atoms with Gasteiger partial charge in [-0.15, -0.1) is 0 Å². The van der Waals surface area contributed by atoms with Crippen molar-refractivity contribution in [1.82, 2.24) is 0 Å². The molecule has 0 spiro atoms. The molecule has 2 N–H and O–H groups in total. The van der Waals surface area contributed by atoms with Gasteiger partial charge < -0.3 is 10.5 Å². The Morgan fingerprint density at radius 3 is 3.17 bits per heavy atom. The third-order valence-electron chi connectivity index (χ3n) is 2.33. The zero-order valence-corrected chi connectivity index (χ0v) is 7.21. The van der Waals surface area contributed by atoms with Crippen LogP contribution in [0.1, 0.15) is 24.0 Å². The summed E-state index contributed by atoms with van der Waals surface area (Å²) in [6, 6.07) is 6.19. The first-order valence-corrected chi connectivity index (χ1v) is 4.27. The average molecular weight is 163 g/mol. The lowest BCUT2D eigenvalue weighted by Crippen LogP contribution is -1.97. The Hall–Kier alpha value is -1.02. The molecule has 1 aromatic carbocycles. The number of hydrogen-bond acceptors (Lipinski definition) is 2. The largest absolute Gasteiger partial charge is 0.493 e. The van der Waals surface area contributed by atoms with Crippen LogP contribution < -0.4 is 10.5 Å². The van der Waals surface area contributed by atoms with E-state index in [1.165, 1.54) is 11.1 Å². The molecule has 0 aliphatic carbocycles. The minimum atomic E-state index is 0.520. The molecular formula is C10H13NO. The number of benzene rings is 1. The lowest BCUT2D eigenvalue weighted by molar-refractivity contribution is 0.337. The van der Waals surface area contributed by atoms with Crippen molar-refractivity contribution in [2.75, 3.05) is 6.61 Å². The van der Waals surface area contributed by atoms with Crippen LogP contribution >= 0.6 is 0 Å². The van der Waals surface area contributed by atoms with Crippen molar-refractivity contribution in [1.29, 1.82) is 0 Å². The summed E-state index contributed by atoms with van der Waals surface area (Å²) in [7, 11) is 0. The first kappa shape index (κ1) is 7.62. The van der Waals surface area contributed by atoms with Gasteiger partial charge in [-0.2, -0.15) is 0 Å². The molecule has 64 valence electrons. The van der Waals surface area contributed by atoms with E-state index < -0.39 is 0 Å². The van der Waals surface area contributed by atoms with Gasteiger partial charge in [0.15, 0.2) is 0 Å². The van der Waals surface area contributed by atoms with Gasteiger partial charge in [-0.3, -0.25) is 0 Å². The number of rotatable bonds is 1. The average Bonchev–Trinajstić information content (AvgIpc) is 2.47. The maximum atomic E-state index is 5.55. The molecule has 12 heavy (non-hydrogen) atoms. The van der Waals surface area contributed by atoms with E-state index in [2.05, 4.69) is 13.0 Å². The standard InChI is InChI=1S/C10H13NO/c1-7-6-12-10-3-2-8(5-11)4-9(7)10/h2-4,7H,5-6,11H2,1H3. The third kappa shape index (κ3) is 1.08. The highest BCUT2D eigenvalue weighted by Crippen LogP contribution is 2.33. The Kier molecular flexibility index (Phi) is 1.77. The molecule has 2 rings (SSSR count). The Bertz CT molecular complexity index is 296. The van der Waals surface area contributed by atoms with Crippen LogP contribution in [0.25, 0.3) is 0 Å². The molecule has 1 atom stereocenters. The van der Waals surface area contributed by atoms with Crippen molar-refractivity contribution in [3.05, 3.63) is 29.3 Å². The van der Waals surface area contributed by atoms with Crippen LogP contribution in [0.2, 0.25) is 0 Å². The predicted molar refractivity (Wildman–Crippen MR) is 48.2 cm³/mol. The fourth-order valence-electron chi connectivity index (χ4n) is 1.55. The maximum Gasteiger partial charge on any atom is 0.122 e. The van der Waals surface area contributed by atoms with Crippen molar-refractivity contribution in [3.8, 4) is 5.75 Å². The molecule has 2 heteroatoms. The zero-order chi connectivity index (χ0) is 8.55. The predicted octanol–water partition coefficient (Wildman–Crippen LogP) is 1.64. The molecule has 0 saturated carbocycles. The summed E-state index contributed by atoms with van der Waals surface area (Å²) in [5, 5.41) is 0. The van der Waals surface area contributed by atoms with Gasteiger partial charge in [0.25, 0.3) is 0 Å². The van der Waals surface area contributed by atoms with Gasteiger partial charge in [-0.25, -0.2) is 0 Å². The molecule has 0 saturated heterocycles. The molecule has 1 unspecified atom stereocenters. The second kappa shape index (κ2) is 2.79. The minimum Gasteiger partial charge on any atom is -0.493 e. The lowest BCUT2D eigenvalue weighted by atomic mass is 10.0. The SMILES string of the molecule is CC1COc2ccc(CN)cc21. The van der Waals surface area contributed by atoms with Crippen molar-refractivity contribution in [2.24, 2.45) is 5.73 Å². The van der Waals surface area contributed by atoms with E-state index in [1.54, 1.807) is 0 Å². The fourth-order valence-corrected chi connectivity index (χ4v) is 1.55. The summed E-state index contributed by atoms with van der Waals surface area (Å²) in [4.78, 5) is 0. The molecule has 0 aromatic heterocycles. The van der Waals surface area contributed by atoms with Crippen molar-refractivity contribution < 1.29 is 4.74 Å². The second-order valence-electron chi connectivity index (χ2n) is 3.29. The van der Waals surface area contributed by atoms with Crippen LogP contribution in [-0.2, 0) is 6.54 Å². The number of nitrogens with two attached hydrogens (primary N) is 1. The molecule has 1 aliphatic heterocycles. The van der Waals surface area contributed by atoms with Crippen LogP contribution in [0.15, 0.2) is 18.2 Å².